The molecule has 214 valence electrons. The van der Waals surface area contributed by atoms with E-state index < -0.39 is 11.6 Å². The van der Waals surface area contributed by atoms with Crippen LogP contribution in [0.3, 0.4) is 0 Å². The molecule has 0 amide bonds. The second-order valence-electron chi connectivity index (χ2n) is 12.6. The van der Waals surface area contributed by atoms with Gasteiger partial charge in [0.2, 0.25) is 5.88 Å². The number of thiazole rings is 1. The summed E-state index contributed by atoms with van der Waals surface area (Å²) in [5.74, 6) is 0.792. The summed E-state index contributed by atoms with van der Waals surface area (Å²) in [7, 11) is 0. The largest absolute Gasteiger partial charge is 0.494 e. The van der Waals surface area contributed by atoms with Crippen LogP contribution in [-0.2, 0) is 16.6 Å². The summed E-state index contributed by atoms with van der Waals surface area (Å²) < 4.78 is 18.0. The fourth-order valence-electron chi connectivity index (χ4n) is 5.47. The van der Waals surface area contributed by atoms with E-state index in [0.717, 1.165) is 28.9 Å². The second kappa shape index (κ2) is 10.8. The normalized spacial score (nSPS) is 17.2. The molecule has 4 rings (SSSR count). The van der Waals surface area contributed by atoms with Crippen molar-refractivity contribution in [3.63, 3.8) is 0 Å². The first kappa shape index (κ1) is 29.4. The molecule has 1 unspecified atom stereocenters. The van der Waals surface area contributed by atoms with E-state index in [2.05, 4.69) is 39.6 Å². The molecule has 3 aromatic rings. The number of nitrogens with one attached hydrogen (secondary N) is 1. The molecule has 0 saturated carbocycles. The summed E-state index contributed by atoms with van der Waals surface area (Å²) in [5, 5.41) is 9.83. The maximum Gasteiger partial charge on any atom is 0.308 e. The van der Waals surface area contributed by atoms with Crippen molar-refractivity contribution >= 4 is 23.1 Å². The Morgan fingerprint density at radius 3 is 2.38 bits per heavy atom. The van der Waals surface area contributed by atoms with Crippen LogP contribution in [0.15, 0.2) is 41.2 Å². The smallest absolute Gasteiger partial charge is 0.308 e. The van der Waals surface area contributed by atoms with Crippen LogP contribution in [0.4, 0.5) is 0 Å². The van der Waals surface area contributed by atoms with Crippen LogP contribution in [-0.4, -0.2) is 34.1 Å². The van der Waals surface area contributed by atoms with Crippen molar-refractivity contribution < 1.29 is 28.9 Å². The highest BCUT2D eigenvalue weighted by atomic mass is 32.1. The molecule has 0 aliphatic carbocycles. The Bertz CT molecular complexity index is 1480. The molecule has 0 spiro atoms. The number of fused-ring (bicyclic) bond motifs is 1. The second-order valence-corrected chi connectivity index (χ2v) is 13.7. The zero-order chi connectivity index (χ0) is 29.5. The van der Waals surface area contributed by atoms with Gasteiger partial charge in [0.05, 0.1) is 16.9 Å². The Balaban J connectivity index is 1.53. The van der Waals surface area contributed by atoms with Crippen LogP contribution in [0.2, 0.25) is 0 Å². The van der Waals surface area contributed by atoms with Crippen molar-refractivity contribution in [2.24, 2.45) is 5.41 Å². The molecule has 0 saturated heterocycles. The van der Waals surface area contributed by atoms with Crippen molar-refractivity contribution in [2.75, 3.05) is 6.61 Å². The van der Waals surface area contributed by atoms with Gasteiger partial charge in [0.15, 0.2) is 5.78 Å². The molecule has 9 heteroatoms. The van der Waals surface area contributed by atoms with Gasteiger partial charge >= 0.3 is 10.8 Å². The predicted molar refractivity (Wildman–Crippen MR) is 154 cm³/mol. The number of benzene rings is 2. The molecule has 1 aromatic heterocycles. The monoisotopic (exact) mass is 567 g/mol. The van der Waals surface area contributed by atoms with Gasteiger partial charge in [-0.2, -0.15) is 0 Å². The standard InChI is InChI=1S/C31H37NO7S/c1-18(33)38-25-13-21-23(34)15-31(7,39-24(21)14-22(25)30(5,6)16-29(2,3)4)17-37-20-10-8-19(9-11-20)12-26-27(35)32-28(36)40-26/h8-11,13-14,35H,12,15-17H2,1-7H3,(H,32,36). The number of carbonyl (C=O) groups is 2. The first-order chi connectivity index (χ1) is 18.5. The molecule has 1 aliphatic heterocycles. The third kappa shape index (κ3) is 6.94. The summed E-state index contributed by atoms with van der Waals surface area (Å²) in [6.45, 7) is 14.0. The summed E-state index contributed by atoms with van der Waals surface area (Å²) in [4.78, 5) is 39.2. The molecule has 40 heavy (non-hydrogen) atoms. The van der Waals surface area contributed by atoms with Crippen LogP contribution >= 0.6 is 11.3 Å². The predicted octanol–water partition coefficient (Wildman–Crippen LogP) is 6.17. The highest BCUT2D eigenvalue weighted by Gasteiger charge is 2.40. The molecule has 0 bridgehead atoms. The van der Waals surface area contributed by atoms with Gasteiger partial charge in [-0.1, -0.05) is 58.1 Å². The van der Waals surface area contributed by atoms with Crippen LogP contribution in [0.1, 0.15) is 87.7 Å². The first-order valence-electron chi connectivity index (χ1n) is 13.3. The molecule has 0 radical (unpaired) electrons. The van der Waals surface area contributed by atoms with Gasteiger partial charge in [-0.3, -0.25) is 19.4 Å². The van der Waals surface area contributed by atoms with Crippen molar-refractivity contribution in [3.05, 3.63) is 67.6 Å². The molecule has 0 fully saturated rings. The minimum absolute atomic E-state index is 0.0169. The van der Waals surface area contributed by atoms with Crippen LogP contribution in [0, 0.1) is 5.41 Å². The van der Waals surface area contributed by atoms with Crippen LogP contribution < -0.4 is 19.1 Å². The molecule has 1 atom stereocenters. The lowest BCUT2D eigenvalue weighted by molar-refractivity contribution is -0.132. The van der Waals surface area contributed by atoms with E-state index >= 15 is 0 Å². The van der Waals surface area contributed by atoms with Crippen molar-refractivity contribution in [2.45, 2.75) is 78.7 Å². The van der Waals surface area contributed by atoms with Crippen molar-refractivity contribution in [1.29, 1.82) is 0 Å². The molecular formula is C31H37NO7S. The van der Waals surface area contributed by atoms with Crippen molar-refractivity contribution in [1.82, 2.24) is 4.98 Å². The van der Waals surface area contributed by atoms with Gasteiger partial charge in [0, 0.05) is 18.9 Å². The first-order valence-corrected chi connectivity index (χ1v) is 14.1. The molecule has 8 nitrogen and oxygen atoms in total. The minimum atomic E-state index is -0.903. The average molecular weight is 568 g/mol. The number of carbonyl (C=O) groups excluding carboxylic acids is 2. The number of Topliss-reactive ketones (excluding diaryl/α,β-unsaturated/α-hetero) is 1. The lowest BCUT2D eigenvalue weighted by atomic mass is 9.71. The Labute approximate surface area is 238 Å². The van der Waals surface area contributed by atoms with E-state index in [1.165, 1.54) is 6.92 Å². The number of ether oxygens (including phenoxy) is 3. The maximum absolute atomic E-state index is 13.3. The Hall–Kier alpha value is -3.59. The van der Waals surface area contributed by atoms with Crippen molar-refractivity contribution in [3.8, 4) is 23.1 Å². The number of H-pyrrole nitrogens is 1. The number of aromatic amines is 1. The highest BCUT2D eigenvalue weighted by molar-refractivity contribution is 7.09. The molecule has 2 aromatic carbocycles. The van der Waals surface area contributed by atoms with E-state index in [0.29, 0.717) is 34.1 Å². The number of hydrogen-bond acceptors (Lipinski definition) is 8. The van der Waals surface area contributed by atoms with E-state index in [9.17, 15) is 19.5 Å². The Morgan fingerprint density at radius 2 is 1.80 bits per heavy atom. The van der Waals surface area contributed by atoms with Gasteiger partial charge in [0.25, 0.3) is 0 Å². The molecule has 2 heterocycles. The Morgan fingerprint density at radius 1 is 1.12 bits per heavy atom. The third-order valence-electron chi connectivity index (χ3n) is 6.76. The SMILES string of the molecule is CC(=O)Oc1cc2c(cc1C(C)(C)CC(C)(C)C)OC(C)(COc1ccc(Cc3sc(=O)[nH]c3O)cc1)CC2=O. The van der Waals surface area contributed by atoms with Gasteiger partial charge in [-0.25, -0.2) is 0 Å². The molecular weight excluding hydrogens is 530 g/mol. The fraction of sp³-hybridized carbons (Fsp3) is 0.452. The van der Waals surface area contributed by atoms with E-state index in [4.69, 9.17) is 14.2 Å². The molecule has 1 aliphatic rings. The average Bonchev–Trinajstić information content (AvgIpc) is 3.13. The summed E-state index contributed by atoms with van der Waals surface area (Å²) in [6, 6.07) is 10.8. The number of rotatable bonds is 8. The van der Waals surface area contributed by atoms with E-state index in [1.807, 2.05) is 37.3 Å². The summed E-state index contributed by atoms with van der Waals surface area (Å²) in [6.07, 6.45) is 1.35. The number of aromatic nitrogens is 1. The van der Waals surface area contributed by atoms with Gasteiger partial charge in [0.1, 0.15) is 29.5 Å². The number of aromatic hydroxyl groups is 1. The number of hydrogen-bond donors (Lipinski definition) is 2. The van der Waals surface area contributed by atoms with E-state index in [-0.39, 0.29) is 40.4 Å². The Kier molecular flexibility index (Phi) is 7.91. The van der Waals surface area contributed by atoms with Gasteiger partial charge < -0.3 is 19.3 Å². The van der Waals surface area contributed by atoms with Gasteiger partial charge in [-0.05, 0) is 54.0 Å². The van der Waals surface area contributed by atoms with Crippen LogP contribution in [0.5, 0.6) is 23.1 Å². The molecule has 2 N–H and O–H groups in total. The maximum atomic E-state index is 13.3. The highest BCUT2D eigenvalue weighted by Crippen LogP contribution is 2.45. The number of esters is 1. The minimum Gasteiger partial charge on any atom is -0.494 e. The third-order valence-corrected chi connectivity index (χ3v) is 7.63. The topological polar surface area (TPSA) is 115 Å². The number of ketones is 1. The zero-order valence-electron chi connectivity index (χ0n) is 24.1. The summed E-state index contributed by atoms with van der Waals surface area (Å²) in [5.41, 5.74) is 0.871. The summed E-state index contributed by atoms with van der Waals surface area (Å²) >= 11 is 0.980. The lowest BCUT2D eigenvalue weighted by Crippen LogP contribution is -2.44. The fourth-order valence-corrected chi connectivity index (χ4v) is 6.22. The van der Waals surface area contributed by atoms with Crippen LogP contribution in [0.25, 0.3) is 0 Å². The lowest BCUT2D eigenvalue weighted by Gasteiger charge is -2.37. The quantitative estimate of drug-likeness (QED) is 0.247. The van der Waals surface area contributed by atoms with E-state index in [1.54, 1.807) is 6.07 Å². The zero-order valence-corrected chi connectivity index (χ0v) is 24.9. The van der Waals surface area contributed by atoms with Gasteiger partial charge in [-0.15, -0.1) is 0 Å².